The van der Waals surface area contributed by atoms with Gasteiger partial charge >= 0.3 is 41.8 Å². The number of carbonyl (C=O) groups excluding carboxylic acids is 9. The van der Waals surface area contributed by atoms with Gasteiger partial charge in [0.25, 0.3) is 0 Å². The number of aliphatic hydroxyl groups excluding tert-OH is 3. The number of aliphatic hydroxyl groups is 3. The van der Waals surface area contributed by atoms with Crippen molar-refractivity contribution in [2.75, 3.05) is 19.7 Å². The number of carboxylic acids is 2. The molecule has 2 aliphatic heterocycles. The summed E-state index contributed by atoms with van der Waals surface area (Å²) in [6, 6.07) is 92.8. The van der Waals surface area contributed by atoms with Gasteiger partial charge in [0.15, 0.2) is 24.1 Å². The number of carboxylic acid groups (broad SMARTS) is 2. The minimum Gasteiger partial charge on any atom is -0.480 e. The number of benzene rings is 10. The number of carbonyl (C=O) groups is 11. The quantitative estimate of drug-likeness (QED) is 0.00973. The maximum Gasteiger partial charge on any atom is 0.335 e. The molecule has 140 heavy (non-hydrogen) atoms. The Kier molecular flexibility index (Phi) is 59.9. The Morgan fingerprint density at radius 1 is 0.336 bits per heavy atom. The minimum atomic E-state index is -1.25. The third kappa shape index (κ3) is 50.3. The number of ether oxygens (including phenoxy) is 5. The van der Waals surface area contributed by atoms with Crippen LogP contribution in [0, 0.1) is 0 Å². The number of esters is 5. The zero-order valence-corrected chi connectivity index (χ0v) is 85.3. The number of hydrogen-bond acceptors (Lipinski definition) is 23. The van der Waals surface area contributed by atoms with Crippen LogP contribution in [0.15, 0.2) is 303 Å². The van der Waals surface area contributed by atoms with Crippen molar-refractivity contribution < 1.29 is 102 Å². The molecule has 0 saturated carbocycles. The van der Waals surface area contributed by atoms with Gasteiger partial charge in [-0.05, 0) is 213 Å². The average Bonchev–Trinajstić information content (AvgIpc) is 1.68. The molecule has 0 aromatic heterocycles. The minimum absolute atomic E-state index is 0.000528. The number of nitrogens with one attached hydrogen (secondary N) is 4. The molecule has 10 aromatic carbocycles. The first kappa shape index (κ1) is 119. The lowest BCUT2D eigenvalue weighted by Gasteiger charge is -2.28. The molecule has 2 fully saturated rings. The summed E-state index contributed by atoms with van der Waals surface area (Å²) in [4.78, 5) is 131. The Labute approximate surface area is 847 Å². The first-order chi connectivity index (χ1) is 67.6. The molecule has 1 amide bonds. The first-order valence-electron chi connectivity index (χ1n) is 47.3. The van der Waals surface area contributed by atoms with Crippen LogP contribution in [0.5, 0.6) is 0 Å². The number of likely N-dealkylation sites (tertiary alicyclic amines) is 1. The van der Waals surface area contributed by atoms with Crippen LogP contribution in [-0.2, 0) is 141 Å². The maximum atomic E-state index is 13.0. The van der Waals surface area contributed by atoms with E-state index in [0.717, 1.165) is 87.9 Å². The highest BCUT2D eigenvalue weighted by Gasteiger charge is 2.36. The summed E-state index contributed by atoms with van der Waals surface area (Å²) in [5.41, 5.74) is 10.3. The van der Waals surface area contributed by atoms with E-state index < -0.39 is 78.4 Å². The molecule has 10 aromatic rings. The van der Waals surface area contributed by atoms with E-state index in [-0.39, 0.29) is 86.2 Å². The fourth-order valence-corrected chi connectivity index (χ4v) is 14.3. The van der Waals surface area contributed by atoms with Crippen LogP contribution in [0.25, 0.3) is 0 Å². The molecule has 2 saturated heterocycles. The topological polar surface area (TPSA) is 386 Å². The van der Waals surface area contributed by atoms with Crippen molar-refractivity contribution in [2.24, 2.45) is 0 Å². The van der Waals surface area contributed by atoms with E-state index in [9.17, 15) is 63.0 Å². The van der Waals surface area contributed by atoms with Crippen molar-refractivity contribution in [3.8, 4) is 0 Å². The predicted octanol–water partition coefficient (Wildman–Crippen LogP) is 16.8. The van der Waals surface area contributed by atoms with Gasteiger partial charge in [-0.25, -0.2) is 14.4 Å². The predicted molar refractivity (Wildman–Crippen MR) is 558 cm³/mol. The third-order valence-electron chi connectivity index (χ3n) is 22.5. The van der Waals surface area contributed by atoms with Crippen LogP contribution >= 0.6 is 37.2 Å². The van der Waals surface area contributed by atoms with Crippen molar-refractivity contribution in [1.82, 2.24) is 26.2 Å². The lowest BCUT2D eigenvalue weighted by molar-refractivity contribution is -0.155. The largest absolute Gasteiger partial charge is 0.480 e. The molecule has 2 aliphatic rings. The zero-order valence-electron chi connectivity index (χ0n) is 81.0. The van der Waals surface area contributed by atoms with E-state index in [1.807, 2.05) is 303 Å². The summed E-state index contributed by atoms with van der Waals surface area (Å²) in [6.07, 6.45) is 6.98. The lowest BCUT2D eigenvalue weighted by atomic mass is 10.0. The molecule has 26 nitrogen and oxygen atoms in total. The molecule has 11 atom stereocenters. The van der Waals surface area contributed by atoms with Crippen LogP contribution in [0.2, 0.25) is 0 Å². The van der Waals surface area contributed by atoms with E-state index in [2.05, 4.69) is 58.5 Å². The van der Waals surface area contributed by atoms with Crippen LogP contribution in [0.4, 0.5) is 0 Å². The monoisotopic (exact) mass is 2140 g/mol. The van der Waals surface area contributed by atoms with Gasteiger partial charge in [-0.3, -0.25) is 54.3 Å². The Bertz CT molecular complexity index is 5030. The average molecular weight is 2140 g/mol. The second-order valence-corrected chi connectivity index (χ2v) is 33.5. The van der Waals surface area contributed by atoms with Crippen molar-refractivity contribution >= 4 is 102 Å². The molecule has 0 radical (unpaired) electrons. The number of Topliss-reactive ketones (excluding diaryl/α,β-unsaturated/α-hetero) is 3. The summed E-state index contributed by atoms with van der Waals surface area (Å²) in [7, 11) is 0. The zero-order chi connectivity index (χ0) is 102. The molecular formula is C112H137I2N5O21. The van der Waals surface area contributed by atoms with Gasteiger partial charge in [0.2, 0.25) is 5.91 Å². The number of nitrogens with zero attached hydrogens (tertiary/aromatic N) is 1. The SMILES string of the molecule is CC(=O)[C@@H]1CCCN1.CC(=O)[C@@H]1CCCN1C(=O)[C@H](C)N[C@@H](CCc1ccccc1)C(=O)OCc1ccccc1.CC(=O)[C@H](C)N[C@@H](CCc1ccccc1)C(=O)OCc1ccccc1.CCOC(=O)[C@H](O)CCc1ccccc1.C[C@H](N[C@@H](CCc1ccccc1)C(=O)OCc1ccccc1)C(=O)O.II.O=C(O)[C@H](O)CCc1ccccc1.O=C(OCc1ccccc1)[C@H](O)CCc1ccccc1. The van der Waals surface area contributed by atoms with Gasteiger partial charge in [-0.1, -0.05) is 303 Å². The van der Waals surface area contributed by atoms with Crippen LogP contribution in [-0.4, -0.2) is 182 Å². The first-order valence-corrected chi connectivity index (χ1v) is 53.6. The third-order valence-corrected chi connectivity index (χ3v) is 22.5. The number of aliphatic carboxylic acids is 2. The van der Waals surface area contributed by atoms with Gasteiger partial charge in [0.05, 0.1) is 30.8 Å². The molecule has 12 rings (SSSR count). The van der Waals surface area contributed by atoms with Gasteiger partial charge in [0, 0.05) is 43.8 Å². The molecular weight excluding hydrogens is 2010 g/mol. The number of halogens is 2. The van der Waals surface area contributed by atoms with Crippen molar-refractivity contribution in [2.45, 2.75) is 244 Å². The molecule has 2 heterocycles. The maximum absolute atomic E-state index is 13.0. The van der Waals surface area contributed by atoms with Gasteiger partial charge in [0.1, 0.15) is 62.2 Å². The lowest BCUT2D eigenvalue weighted by Crippen LogP contribution is -2.53. The Balaban J connectivity index is 0.000000296. The fraction of sp³-hybridized carbons (Fsp3) is 0.366. The molecule has 0 bridgehead atoms. The van der Waals surface area contributed by atoms with E-state index in [0.29, 0.717) is 83.8 Å². The Morgan fingerprint density at radius 3 is 0.850 bits per heavy atom. The highest BCUT2D eigenvalue weighted by molar-refractivity contribution is 15.0. The van der Waals surface area contributed by atoms with E-state index in [4.69, 9.17) is 39.0 Å². The van der Waals surface area contributed by atoms with Crippen LogP contribution < -0.4 is 21.3 Å². The summed E-state index contributed by atoms with van der Waals surface area (Å²) in [5, 5.41) is 57.9. The standard InChI is InChI=1S/C26H32N2O4.C21H25NO3.C20H23NO4.C17H18O3.C12H16O3.C10H12O3.C6H11NO.I2/c1-19(25(30)28-17-9-14-24(28)20(2)29)27-23(16-15-21-10-5-3-6-11-21)26(31)32-18-22-12-7-4-8-13-22;1-16(17(2)23)22-20(14-13-18-9-5-3-6-10-18)21(24)25-15-19-11-7-4-8-12-19;1-15(19(22)23)21-18(13-12-16-8-4-2-5-9-16)20(24)25-14-17-10-6-3-7-11-17;18-16(12-11-14-7-3-1-4-8-14)17(19)20-13-15-9-5-2-6-10-15;1-2-15-12(14)11(13)9-8-10-6-4-3-5-7-10;11-9(10(12)13)7-6-8-4-2-1-3-5-8;1-5(8)6-3-2-4-7-6;1-2/h3-8,10-13,19,23-24,27H,9,14-18H2,1-2H3;3-12,16,20,22H,13-15H2,1-2H3;2-11,15,18,21H,12-14H2,1H3,(H,22,23);1-10,16,18H,11-13H2;3-7,11,13H,2,8-9H2,1H3;1-5,9,11H,6-7H2,(H,12,13);6-7H,2-4H2,1H3;/t19-,23-,24-;16-,20-;15-,18-;16-;11-;9-;6-;/m0001110./s1. The van der Waals surface area contributed by atoms with E-state index >= 15 is 0 Å². The highest BCUT2D eigenvalue weighted by atomic mass is 128. The van der Waals surface area contributed by atoms with Crippen LogP contribution in [0.3, 0.4) is 0 Å². The summed E-state index contributed by atoms with van der Waals surface area (Å²) in [5.74, 6) is -4.26. The normalized spacial score (nSPS) is 14.5. The molecule has 0 unspecified atom stereocenters. The number of aryl methyl sites for hydroxylation is 6. The molecule has 28 heteroatoms. The molecule has 750 valence electrons. The van der Waals surface area contributed by atoms with Crippen molar-refractivity contribution in [1.29, 1.82) is 0 Å². The number of ketones is 3. The molecule has 9 N–H and O–H groups in total. The van der Waals surface area contributed by atoms with E-state index in [1.54, 1.807) is 32.6 Å². The summed E-state index contributed by atoms with van der Waals surface area (Å²) in [6.45, 7) is 14.1. The van der Waals surface area contributed by atoms with Gasteiger partial charge < -0.3 is 59.4 Å². The fourth-order valence-electron chi connectivity index (χ4n) is 14.3. The smallest absolute Gasteiger partial charge is 0.335 e. The van der Waals surface area contributed by atoms with Crippen LogP contribution in [0.1, 0.15) is 168 Å². The molecule has 0 aliphatic carbocycles. The van der Waals surface area contributed by atoms with E-state index in [1.165, 1.54) is 20.8 Å². The number of amides is 1. The number of rotatable bonds is 44. The molecule has 0 spiro atoms. The summed E-state index contributed by atoms with van der Waals surface area (Å²) >= 11 is 4.24. The van der Waals surface area contributed by atoms with Crippen molar-refractivity contribution in [3.63, 3.8) is 0 Å². The highest BCUT2D eigenvalue weighted by Crippen LogP contribution is 2.22. The Hall–Kier alpha value is -11.9. The second-order valence-electron chi connectivity index (χ2n) is 33.5. The number of hydrogen-bond donors (Lipinski definition) is 9. The van der Waals surface area contributed by atoms with Gasteiger partial charge in [-0.2, -0.15) is 0 Å². The second kappa shape index (κ2) is 70.7. The summed E-state index contributed by atoms with van der Waals surface area (Å²) < 4.78 is 26.2. The van der Waals surface area contributed by atoms with Gasteiger partial charge in [-0.15, -0.1) is 0 Å². The Morgan fingerprint density at radius 2 is 0.600 bits per heavy atom. The van der Waals surface area contributed by atoms with Crippen molar-refractivity contribution in [3.05, 3.63) is 359 Å².